The fourth-order valence-electron chi connectivity index (χ4n) is 4.25. The third-order valence-corrected chi connectivity index (χ3v) is 5.92. The predicted molar refractivity (Wildman–Crippen MR) is 128 cm³/mol. The summed E-state index contributed by atoms with van der Waals surface area (Å²) in [5.74, 6) is -0.631. The van der Waals surface area contributed by atoms with E-state index in [1.165, 1.54) is 0 Å². The summed E-state index contributed by atoms with van der Waals surface area (Å²) in [6.45, 7) is 6.56. The van der Waals surface area contributed by atoms with Gasteiger partial charge in [-0.25, -0.2) is 0 Å². The van der Waals surface area contributed by atoms with Crippen LogP contribution in [0.5, 0.6) is 5.75 Å². The Labute approximate surface area is 199 Å². The molecule has 3 atom stereocenters. The van der Waals surface area contributed by atoms with E-state index in [1.54, 1.807) is 13.2 Å². The highest BCUT2D eigenvalue weighted by atomic mass is 16.5. The van der Waals surface area contributed by atoms with Crippen LogP contribution in [0, 0.1) is 22.7 Å². The number of carbonyl (C=O) groups excluding carboxylic acids is 3. The van der Waals surface area contributed by atoms with Crippen LogP contribution in [0.3, 0.4) is 0 Å². The molecule has 1 fully saturated rings. The number of fused-ring (bicyclic) bond motifs is 1. The van der Waals surface area contributed by atoms with E-state index in [9.17, 15) is 19.6 Å². The van der Waals surface area contributed by atoms with Gasteiger partial charge in [-0.05, 0) is 49.3 Å². The Hall–Kier alpha value is -3.54. The Morgan fingerprint density at radius 1 is 1.29 bits per heavy atom. The molecule has 9 heteroatoms. The monoisotopic (exact) mass is 467 g/mol. The molecule has 1 aliphatic rings. The maximum Gasteiger partial charge on any atom is 0.268 e. The van der Waals surface area contributed by atoms with Crippen molar-refractivity contribution in [2.45, 2.75) is 58.5 Å². The van der Waals surface area contributed by atoms with Gasteiger partial charge < -0.3 is 25.7 Å². The fourth-order valence-corrected chi connectivity index (χ4v) is 4.25. The topological polar surface area (TPSA) is 136 Å². The van der Waals surface area contributed by atoms with Crippen LogP contribution >= 0.6 is 0 Å². The molecule has 1 aromatic carbocycles. The van der Waals surface area contributed by atoms with Crippen molar-refractivity contribution in [2.75, 3.05) is 13.7 Å². The minimum Gasteiger partial charge on any atom is -0.496 e. The molecule has 2 unspecified atom stereocenters. The SMILES string of the molecule is COc1cccc2[nH]c(C(=O)NC(CC(C)(C)C)C(=O)NC(C#N)C[C@@H]3CCCNC3=O)cc12. The molecule has 2 heterocycles. The van der Waals surface area contributed by atoms with Crippen LogP contribution in [-0.4, -0.2) is 48.4 Å². The van der Waals surface area contributed by atoms with Gasteiger partial charge in [0.25, 0.3) is 5.91 Å². The van der Waals surface area contributed by atoms with Gasteiger partial charge in [0, 0.05) is 23.4 Å². The highest BCUT2D eigenvalue weighted by molar-refractivity contribution is 6.01. The first-order valence-electron chi connectivity index (χ1n) is 11.6. The largest absolute Gasteiger partial charge is 0.496 e. The van der Waals surface area contributed by atoms with Crippen molar-refractivity contribution in [1.82, 2.24) is 20.9 Å². The Bertz CT molecular complexity index is 1090. The van der Waals surface area contributed by atoms with Crippen LogP contribution in [0.4, 0.5) is 0 Å². The highest BCUT2D eigenvalue weighted by Gasteiger charge is 2.31. The zero-order valence-corrected chi connectivity index (χ0v) is 20.2. The van der Waals surface area contributed by atoms with Crippen molar-refractivity contribution in [3.63, 3.8) is 0 Å². The standard InChI is InChI=1S/C25H33N5O4/c1-25(2,3)13-20(24(33)28-16(14-26)11-15-7-6-10-27-22(15)31)30-23(32)19-12-17-18(29-19)8-5-9-21(17)34-4/h5,8-9,12,15-16,20,29H,6-7,10-11,13H2,1-4H3,(H,27,31)(H,28,33)(H,30,32)/t15-,16?,20?/m0/s1. The lowest BCUT2D eigenvalue weighted by atomic mass is 9.87. The number of H-pyrrole nitrogens is 1. The van der Waals surface area contributed by atoms with Crippen LogP contribution in [0.2, 0.25) is 0 Å². The minimum absolute atomic E-state index is 0.0884. The van der Waals surface area contributed by atoms with Gasteiger partial charge in [0.1, 0.15) is 23.5 Å². The van der Waals surface area contributed by atoms with Crippen molar-refractivity contribution in [3.8, 4) is 11.8 Å². The van der Waals surface area contributed by atoms with Crippen molar-refractivity contribution in [2.24, 2.45) is 11.3 Å². The number of hydrogen-bond acceptors (Lipinski definition) is 5. The summed E-state index contributed by atoms with van der Waals surface area (Å²) >= 11 is 0. The first-order chi connectivity index (χ1) is 16.1. The first kappa shape index (κ1) is 25.1. The second kappa shape index (κ2) is 10.6. The molecule has 0 spiro atoms. The van der Waals surface area contributed by atoms with Crippen molar-refractivity contribution in [3.05, 3.63) is 30.0 Å². The fraction of sp³-hybridized carbons (Fsp3) is 0.520. The number of hydrogen-bond donors (Lipinski definition) is 4. The number of nitrogens with one attached hydrogen (secondary N) is 4. The number of nitrogens with zero attached hydrogens (tertiary/aromatic N) is 1. The summed E-state index contributed by atoms with van der Waals surface area (Å²) < 4.78 is 5.36. The second-order valence-electron chi connectivity index (χ2n) is 9.95. The first-order valence-corrected chi connectivity index (χ1v) is 11.6. The van der Waals surface area contributed by atoms with Crippen molar-refractivity contribution < 1.29 is 19.1 Å². The number of piperidine rings is 1. The van der Waals surface area contributed by atoms with Crippen LogP contribution in [-0.2, 0) is 9.59 Å². The molecule has 2 aromatic rings. The molecule has 3 rings (SSSR count). The molecule has 0 aliphatic carbocycles. The van der Waals surface area contributed by atoms with E-state index in [4.69, 9.17) is 4.74 Å². The number of carbonyl (C=O) groups is 3. The van der Waals surface area contributed by atoms with Gasteiger partial charge in [-0.2, -0.15) is 5.26 Å². The van der Waals surface area contributed by atoms with Crippen LogP contribution in [0.25, 0.3) is 10.9 Å². The number of methoxy groups -OCH3 is 1. The number of ether oxygens (including phenoxy) is 1. The third kappa shape index (κ3) is 6.28. The average molecular weight is 468 g/mol. The maximum absolute atomic E-state index is 13.1. The summed E-state index contributed by atoms with van der Waals surface area (Å²) in [7, 11) is 1.56. The molecule has 1 aliphatic heterocycles. The van der Waals surface area contributed by atoms with E-state index >= 15 is 0 Å². The van der Waals surface area contributed by atoms with Gasteiger partial charge in [0.05, 0.1) is 13.2 Å². The molecular weight excluding hydrogens is 434 g/mol. The number of rotatable bonds is 8. The maximum atomic E-state index is 13.1. The van der Waals surface area contributed by atoms with Gasteiger partial charge in [-0.1, -0.05) is 26.8 Å². The lowest BCUT2D eigenvalue weighted by molar-refractivity contribution is -0.128. The number of aromatic amines is 1. The normalized spacial score (nSPS) is 17.9. The molecule has 1 saturated heterocycles. The van der Waals surface area contributed by atoms with Gasteiger partial charge >= 0.3 is 0 Å². The predicted octanol–water partition coefficient (Wildman–Crippen LogP) is 2.64. The smallest absolute Gasteiger partial charge is 0.268 e. The number of benzene rings is 1. The number of aromatic nitrogens is 1. The second-order valence-corrected chi connectivity index (χ2v) is 9.95. The summed E-state index contributed by atoms with van der Waals surface area (Å²) in [5.41, 5.74) is 0.795. The van der Waals surface area contributed by atoms with E-state index in [0.717, 1.165) is 17.3 Å². The van der Waals surface area contributed by atoms with Gasteiger partial charge in [0.2, 0.25) is 11.8 Å². The molecular formula is C25H33N5O4. The number of amides is 3. The number of nitriles is 1. The molecule has 9 nitrogen and oxygen atoms in total. The van der Waals surface area contributed by atoms with E-state index in [1.807, 2.05) is 39.0 Å². The van der Waals surface area contributed by atoms with E-state index in [-0.39, 0.29) is 23.7 Å². The quantitative estimate of drug-likeness (QED) is 0.473. The highest BCUT2D eigenvalue weighted by Crippen LogP contribution is 2.26. The Morgan fingerprint density at radius 2 is 2.06 bits per heavy atom. The Kier molecular flexibility index (Phi) is 7.82. The van der Waals surface area contributed by atoms with Gasteiger partial charge in [-0.15, -0.1) is 0 Å². The van der Waals surface area contributed by atoms with Crippen LogP contribution < -0.4 is 20.7 Å². The van der Waals surface area contributed by atoms with Gasteiger partial charge in [-0.3, -0.25) is 14.4 Å². The van der Waals surface area contributed by atoms with Crippen LogP contribution in [0.15, 0.2) is 24.3 Å². The summed E-state index contributed by atoms with van der Waals surface area (Å²) in [6.07, 6.45) is 2.15. The molecule has 34 heavy (non-hydrogen) atoms. The van der Waals surface area contributed by atoms with E-state index < -0.39 is 23.9 Å². The molecule has 0 saturated carbocycles. The lowest BCUT2D eigenvalue weighted by Crippen LogP contribution is -2.51. The molecule has 4 N–H and O–H groups in total. The van der Waals surface area contributed by atoms with Crippen molar-refractivity contribution >= 4 is 28.6 Å². The zero-order valence-electron chi connectivity index (χ0n) is 20.2. The minimum atomic E-state index is -0.850. The molecule has 3 amide bonds. The van der Waals surface area contributed by atoms with E-state index in [0.29, 0.717) is 30.8 Å². The zero-order chi connectivity index (χ0) is 24.9. The lowest BCUT2D eigenvalue weighted by Gasteiger charge is -2.28. The summed E-state index contributed by atoms with van der Waals surface area (Å²) in [5, 5.41) is 18.7. The molecule has 1 aromatic heterocycles. The van der Waals surface area contributed by atoms with Gasteiger partial charge in [0.15, 0.2) is 0 Å². The van der Waals surface area contributed by atoms with E-state index in [2.05, 4.69) is 27.0 Å². The summed E-state index contributed by atoms with van der Waals surface area (Å²) in [4.78, 5) is 41.3. The molecule has 182 valence electrons. The third-order valence-electron chi connectivity index (χ3n) is 5.92. The molecule has 0 bridgehead atoms. The van der Waals surface area contributed by atoms with Crippen LogP contribution in [0.1, 0.15) is 56.9 Å². The molecule has 0 radical (unpaired) electrons. The Balaban J connectivity index is 1.74. The Morgan fingerprint density at radius 3 is 2.71 bits per heavy atom. The average Bonchev–Trinajstić information content (AvgIpc) is 3.23. The van der Waals surface area contributed by atoms with Crippen molar-refractivity contribution in [1.29, 1.82) is 5.26 Å². The summed E-state index contributed by atoms with van der Waals surface area (Å²) in [6, 6.07) is 7.58.